The number of fused-ring (bicyclic) bond motifs is 1. The van der Waals surface area contributed by atoms with Gasteiger partial charge in [-0.05, 0) is 53.4 Å². The average Bonchev–Trinajstić information content (AvgIpc) is 3.03. The lowest BCUT2D eigenvalue weighted by molar-refractivity contribution is -0.115. The molecule has 8 nitrogen and oxygen atoms in total. The second-order valence-electron chi connectivity index (χ2n) is 9.43. The highest BCUT2D eigenvalue weighted by Crippen LogP contribution is 2.37. The van der Waals surface area contributed by atoms with Gasteiger partial charge in [0.15, 0.2) is 0 Å². The molecule has 214 valence electrons. The number of esters is 1. The molecular formula is C34H26N2O6S. The van der Waals surface area contributed by atoms with Gasteiger partial charge in [-0.2, -0.15) is 0 Å². The van der Waals surface area contributed by atoms with Crippen molar-refractivity contribution in [2.24, 2.45) is 0 Å². The molecule has 1 atom stereocenters. The highest BCUT2D eigenvalue weighted by molar-refractivity contribution is 8.00. The molecule has 0 radical (unpaired) electrons. The summed E-state index contributed by atoms with van der Waals surface area (Å²) in [6.07, 6.45) is 0. The third-order valence-electron chi connectivity index (χ3n) is 6.66. The molecular weight excluding hydrogens is 564 g/mol. The average molecular weight is 591 g/mol. The van der Waals surface area contributed by atoms with Gasteiger partial charge in [0.2, 0.25) is 5.91 Å². The summed E-state index contributed by atoms with van der Waals surface area (Å²) < 4.78 is 4.86. The number of benzene rings is 5. The quantitative estimate of drug-likeness (QED) is 0.124. The molecule has 43 heavy (non-hydrogen) atoms. The number of aromatic carboxylic acids is 1. The lowest BCUT2D eigenvalue weighted by atomic mass is 9.98. The fourth-order valence-electron chi connectivity index (χ4n) is 4.67. The van der Waals surface area contributed by atoms with Gasteiger partial charge in [-0.3, -0.25) is 9.59 Å². The summed E-state index contributed by atoms with van der Waals surface area (Å²) in [4.78, 5) is 51.8. The van der Waals surface area contributed by atoms with E-state index in [1.165, 1.54) is 24.9 Å². The molecule has 9 heteroatoms. The molecule has 0 aliphatic carbocycles. The maximum atomic E-state index is 13.6. The molecule has 1 unspecified atom stereocenters. The van der Waals surface area contributed by atoms with Gasteiger partial charge in [0, 0.05) is 21.5 Å². The van der Waals surface area contributed by atoms with Crippen molar-refractivity contribution >= 4 is 57.7 Å². The Morgan fingerprint density at radius 3 is 2.09 bits per heavy atom. The lowest BCUT2D eigenvalue weighted by Crippen LogP contribution is -2.21. The highest BCUT2D eigenvalue weighted by atomic mass is 32.2. The van der Waals surface area contributed by atoms with Crippen LogP contribution in [0.2, 0.25) is 0 Å². The van der Waals surface area contributed by atoms with Crippen molar-refractivity contribution in [2.75, 3.05) is 17.7 Å². The van der Waals surface area contributed by atoms with Gasteiger partial charge >= 0.3 is 11.9 Å². The third-order valence-corrected chi connectivity index (χ3v) is 7.90. The van der Waals surface area contributed by atoms with E-state index in [1.54, 1.807) is 72.8 Å². The number of nitrogens with one attached hydrogen (secondary N) is 2. The molecule has 5 aromatic carbocycles. The number of anilines is 2. The molecule has 0 spiro atoms. The number of hydrogen-bond acceptors (Lipinski definition) is 6. The number of methoxy groups -OCH3 is 1. The number of carboxylic acids is 1. The minimum absolute atomic E-state index is 0.0399. The first-order chi connectivity index (χ1) is 20.9. The summed E-state index contributed by atoms with van der Waals surface area (Å²) in [6, 6.07) is 32.8. The molecule has 0 aliphatic rings. The molecule has 0 heterocycles. The highest BCUT2D eigenvalue weighted by Gasteiger charge is 2.24. The van der Waals surface area contributed by atoms with Crippen molar-refractivity contribution in [1.82, 2.24) is 0 Å². The Labute approximate surface area is 251 Å². The molecule has 0 aromatic heterocycles. The molecule has 5 rings (SSSR count). The second kappa shape index (κ2) is 13.1. The van der Waals surface area contributed by atoms with Crippen LogP contribution in [-0.4, -0.2) is 36.0 Å². The number of carbonyl (C=O) groups is 4. The molecule has 0 saturated carbocycles. The summed E-state index contributed by atoms with van der Waals surface area (Å²) in [6.45, 7) is 0. The van der Waals surface area contributed by atoms with Crippen LogP contribution in [0.25, 0.3) is 10.8 Å². The molecule has 2 amide bonds. The Hall–Kier alpha value is -5.41. The first-order valence-electron chi connectivity index (χ1n) is 13.2. The standard InChI is InChI=1S/C34H26N2O6S/c1-42-34(41)25-16-5-6-19-28(25)36-32(38)30(22-10-3-2-4-11-22)43-24-15-9-14-23(20-24)35-31(37)26-17-7-12-21-13-8-18-27(29(21)26)33(39)40/h2-20,30H,1H3,(H,35,37)(H,36,38)(H,39,40). The molecule has 3 N–H and O–H groups in total. The van der Waals surface area contributed by atoms with Crippen LogP contribution in [0.5, 0.6) is 0 Å². The minimum Gasteiger partial charge on any atom is -0.478 e. The smallest absolute Gasteiger partial charge is 0.339 e. The van der Waals surface area contributed by atoms with E-state index in [4.69, 9.17) is 4.74 Å². The van der Waals surface area contributed by atoms with Crippen molar-refractivity contribution in [1.29, 1.82) is 0 Å². The summed E-state index contributed by atoms with van der Waals surface area (Å²) in [5.74, 6) is -2.49. The number of carbonyl (C=O) groups excluding carboxylic acids is 3. The van der Waals surface area contributed by atoms with E-state index in [9.17, 15) is 24.3 Å². The van der Waals surface area contributed by atoms with Gasteiger partial charge in [0.05, 0.1) is 23.9 Å². The van der Waals surface area contributed by atoms with E-state index in [2.05, 4.69) is 10.6 Å². The second-order valence-corrected chi connectivity index (χ2v) is 10.6. The molecule has 0 aliphatic heterocycles. The summed E-state index contributed by atoms with van der Waals surface area (Å²) in [5, 5.41) is 15.7. The van der Waals surface area contributed by atoms with Crippen LogP contribution in [0, 0.1) is 0 Å². The lowest BCUT2D eigenvalue weighted by Gasteiger charge is -2.19. The number of para-hydroxylation sites is 1. The number of hydrogen-bond donors (Lipinski definition) is 3. The minimum atomic E-state index is -1.12. The Balaban J connectivity index is 1.41. The van der Waals surface area contributed by atoms with Gasteiger partial charge in [0.25, 0.3) is 5.91 Å². The first-order valence-corrected chi connectivity index (χ1v) is 14.1. The normalized spacial score (nSPS) is 11.4. The fraction of sp³-hybridized carbons (Fsp3) is 0.0588. The third kappa shape index (κ3) is 6.58. The van der Waals surface area contributed by atoms with Crippen molar-refractivity contribution in [3.05, 3.63) is 138 Å². The SMILES string of the molecule is COC(=O)c1ccccc1NC(=O)C(Sc1cccc(NC(=O)c2cccc3cccc(C(=O)O)c23)c1)c1ccccc1. The van der Waals surface area contributed by atoms with E-state index >= 15 is 0 Å². The van der Waals surface area contributed by atoms with E-state index in [1.807, 2.05) is 36.4 Å². The van der Waals surface area contributed by atoms with Gasteiger partial charge < -0.3 is 20.5 Å². The van der Waals surface area contributed by atoms with Crippen LogP contribution in [0.15, 0.2) is 120 Å². The Bertz CT molecular complexity index is 1830. The van der Waals surface area contributed by atoms with Gasteiger partial charge in [-0.15, -0.1) is 11.8 Å². The zero-order valence-corrected chi connectivity index (χ0v) is 23.8. The zero-order valence-electron chi connectivity index (χ0n) is 22.9. The number of carboxylic acid groups (broad SMARTS) is 1. The van der Waals surface area contributed by atoms with Crippen LogP contribution in [0.4, 0.5) is 11.4 Å². The predicted molar refractivity (Wildman–Crippen MR) is 167 cm³/mol. The zero-order chi connectivity index (χ0) is 30.3. The van der Waals surface area contributed by atoms with Crippen LogP contribution in [0.1, 0.15) is 41.9 Å². The summed E-state index contributed by atoms with van der Waals surface area (Å²) in [7, 11) is 1.28. The maximum Gasteiger partial charge on any atom is 0.339 e. The van der Waals surface area contributed by atoms with Crippen LogP contribution in [0.3, 0.4) is 0 Å². The van der Waals surface area contributed by atoms with Gasteiger partial charge in [-0.25, -0.2) is 9.59 Å². The molecule has 0 bridgehead atoms. The van der Waals surface area contributed by atoms with E-state index < -0.39 is 23.1 Å². The van der Waals surface area contributed by atoms with Crippen molar-refractivity contribution in [3.63, 3.8) is 0 Å². The topological polar surface area (TPSA) is 122 Å². The maximum absolute atomic E-state index is 13.6. The largest absolute Gasteiger partial charge is 0.478 e. The molecule has 0 saturated heterocycles. The number of ether oxygens (including phenoxy) is 1. The molecule has 5 aromatic rings. The first kappa shape index (κ1) is 29.1. The summed E-state index contributed by atoms with van der Waals surface area (Å²) >= 11 is 1.28. The van der Waals surface area contributed by atoms with E-state index in [0.29, 0.717) is 27.0 Å². The predicted octanol–water partition coefficient (Wildman–Crippen LogP) is 7.05. The van der Waals surface area contributed by atoms with Crippen molar-refractivity contribution < 1.29 is 29.0 Å². The number of rotatable bonds is 9. The van der Waals surface area contributed by atoms with Crippen LogP contribution >= 0.6 is 11.8 Å². The van der Waals surface area contributed by atoms with Gasteiger partial charge in [0.1, 0.15) is 5.25 Å². The van der Waals surface area contributed by atoms with E-state index in [-0.39, 0.29) is 22.6 Å². The van der Waals surface area contributed by atoms with Crippen molar-refractivity contribution in [3.8, 4) is 0 Å². The Morgan fingerprint density at radius 2 is 1.37 bits per heavy atom. The Morgan fingerprint density at radius 1 is 0.721 bits per heavy atom. The molecule has 0 fully saturated rings. The van der Waals surface area contributed by atoms with E-state index in [0.717, 1.165) is 5.56 Å². The summed E-state index contributed by atoms with van der Waals surface area (Å²) in [5.41, 5.74) is 2.06. The van der Waals surface area contributed by atoms with Gasteiger partial charge in [-0.1, -0.05) is 72.8 Å². The van der Waals surface area contributed by atoms with Crippen LogP contribution in [-0.2, 0) is 9.53 Å². The number of thioether (sulfide) groups is 1. The number of amides is 2. The monoisotopic (exact) mass is 590 g/mol. The van der Waals surface area contributed by atoms with Crippen molar-refractivity contribution in [2.45, 2.75) is 10.1 Å². The fourth-order valence-corrected chi connectivity index (χ4v) is 5.75. The van der Waals surface area contributed by atoms with Crippen LogP contribution < -0.4 is 10.6 Å². The Kier molecular flexibility index (Phi) is 8.83.